The van der Waals surface area contributed by atoms with E-state index in [4.69, 9.17) is 9.47 Å². The summed E-state index contributed by atoms with van der Waals surface area (Å²) in [7, 11) is 3.23. The minimum Gasteiger partial charge on any atom is -0.496 e. The third-order valence-corrected chi connectivity index (χ3v) is 5.80. The highest BCUT2D eigenvalue weighted by molar-refractivity contribution is 5.90. The molecule has 1 saturated carbocycles. The lowest BCUT2D eigenvalue weighted by Gasteiger charge is -2.29. The number of amides is 2. The first-order valence-electron chi connectivity index (χ1n) is 9.84. The van der Waals surface area contributed by atoms with Gasteiger partial charge in [-0.25, -0.2) is 0 Å². The van der Waals surface area contributed by atoms with Gasteiger partial charge in [0.1, 0.15) is 5.75 Å². The molecule has 1 N–H and O–H groups in total. The minimum absolute atomic E-state index is 0.0102. The number of nitrogens with one attached hydrogen (secondary N) is 1. The van der Waals surface area contributed by atoms with E-state index in [1.54, 1.807) is 19.1 Å². The highest BCUT2D eigenvalue weighted by atomic mass is 16.5. The molecule has 2 fully saturated rings. The number of likely N-dealkylation sites (tertiary alicyclic amines) is 1. The number of nitrogens with zero attached hydrogens (tertiary/aromatic N) is 1. The summed E-state index contributed by atoms with van der Waals surface area (Å²) >= 11 is 0. The number of hydrogen-bond donors (Lipinski definition) is 1. The second kappa shape index (κ2) is 9.22. The van der Waals surface area contributed by atoms with Gasteiger partial charge in [0.15, 0.2) is 0 Å². The number of para-hydroxylation sites is 1. The number of carbonyl (C=O) groups is 2. The maximum atomic E-state index is 13.0. The molecule has 2 atom stereocenters. The van der Waals surface area contributed by atoms with Gasteiger partial charge >= 0.3 is 0 Å². The number of hydrogen-bond acceptors (Lipinski definition) is 4. The first kappa shape index (κ1) is 19.7. The van der Waals surface area contributed by atoms with Crippen LogP contribution in [0, 0.1) is 11.8 Å². The van der Waals surface area contributed by atoms with Gasteiger partial charge in [0.2, 0.25) is 11.8 Å². The zero-order valence-corrected chi connectivity index (χ0v) is 16.3. The van der Waals surface area contributed by atoms with E-state index in [0.29, 0.717) is 31.4 Å². The second-order valence-corrected chi connectivity index (χ2v) is 7.47. The van der Waals surface area contributed by atoms with Crippen LogP contribution in [-0.2, 0) is 14.3 Å². The van der Waals surface area contributed by atoms with Crippen molar-refractivity contribution in [3.8, 4) is 5.75 Å². The van der Waals surface area contributed by atoms with E-state index < -0.39 is 5.92 Å². The Kier molecular flexibility index (Phi) is 6.72. The quantitative estimate of drug-likeness (QED) is 0.759. The Morgan fingerprint density at radius 3 is 2.67 bits per heavy atom. The smallest absolute Gasteiger partial charge is 0.226 e. The second-order valence-electron chi connectivity index (χ2n) is 7.47. The lowest BCUT2D eigenvalue weighted by atomic mass is 9.92. The van der Waals surface area contributed by atoms with Gasteiger partial charge in [0, 0.05) is 32.2 Å². The van der Waals surface area contributed by atoms with Crippen LogP contribution in [0.3, 0.4) is 0 Å². The van der Waals surface area contributed by atoms with Crippen molar-refractivity contribution < 1.29 is 19.1 Å². The van der Waals surface area contributed by atoms with Crippen molar-refractivity contribution in [2.24, 2.45) is 11.8 Å². The number of rotatable bonds is 8. The van der Waals surface area contributed by atoms with Crippen LogP contribution in [0.25, 0.3) is 0 Å². The van der Waals surface area contributed by atoms with Crippen LogP contribution < -0.4 is 10.1 Å². The molecule has 0 radical (unpaired) electrons. The first-order chi connectivity index (χ1) is 13.2. The average molecular weight is 374 g/mol. The zero-order chi connectivity index (χ0) is 19.2. The summed E-state index contributed by atoms with van der Waals surface area (Å²) in [5.41, 5.74) is 0.878. The topological polar surface area (TPSA) is 67.9 Å². The van der Waals surface area contributed by atoms with Gasteiger partial charge in [0.05, 0.1) is 25.7 Å². The summed E-state index contributed by atoms with van der Waals surface area (Å²) < 4.78 is 10.7. The Hall–Kier alpha value is -2.08. The Labute approximate surface area is 161 Å². The van der Waals surface area contributed by atoms with Crippen LogP contribution in [-0.4, -0.2) is 50.6 Å². The molecule has 6 heteroatoms. The highest BCUT2D eigenvalue weighted by Gasteiger charge is 2.45. The molecule has 1 aliphatic carbocycles. The molecule has 1 aliphatic heterocycles. The molecule has 27 heavy (non-hydrogen) atoms. The molecule has 0 aromatic heterocycles. The molecule has 2 amide bonds. The molecule has 0 bridgehead atoms. The molecule has 1 aromatic carbocycles. The summed E-state index contributed by atoms with van der Waals surface area (Å²) in [6.07, 6.45) is 5.08. The Bertz CT molecular complexity index is 657. The highest BCUT2D eigenvalue weighted by Crippen LogP contribution is 2.41. The van der Waals surface area contributed by atoms with E-state index in [1.807, 2.05) is 24.3 Å². The minimum atomic E-state index is -0.410. The maximum absolute atomic E-state index is 13.0. The molecule has 0 unspecified atom stereocenters. The van der Waals surface area contributed by atoms with E-state index in [-0.39, 0.29) is 24.3 Å². The van der Waals surface area contributed by atoms with Crippen molar-refractivity contribution in [3.63, 3.8) is 0 Å². The Morgan fingerprint density at radius 2 is 1.96 bits per heavy atom. The van der Waals surface area contributed by atoms with Crippen LogP contribution >= 0.6 is 0 Å². The normalized spacial score (nSPS) is 23.0. The van der Waals surface area contributed by atoms with Gasteiger partial charge in [-0.05, 0) is 24.8 Å². The maximum Gasteiger partial charge on any atom is 0.226 e. The van der Waals surface area contributed by atoms with Crippen LogP contribution in [0.1, 0.15) is 43.7 Å². The fraction of sp³-hybridized carbons (Fsp3) is 0.619. The van der Waals surface area contributed by atoms with E-state index in [1.165, 1.54) is 25.7 Å². The van der Waals surface area contributed by atoms with E-state index in [0.717, 1.165) is 5.56 Å². The van der Waals surface area contributed by atoms with Crippen molar-refractivity contribution >= 4 is 11.8 Å². The molecule has 1 saturated heterocycles. The molecule has 1 aromatic rings. The van der Waals surface area contributed by atoms with E-state index in [2.05, 4.69) is 5.32 Å². The number of methoxy groups -OCH3 is 2. The predicted octanol–water partition coefficient (Wildman–Crippen LogP) is 2.54. The van der Waals surface area contributed by atoms with Crippen LogP contribution in [0.2, 0.25) is 0 Å². The summed E-state index contributed by atoms with van der Waals surface area (Å²) in [5, 5.41) is 3.11. The van der Waals surface area contributed by atoms with Crippen LogP contribution in [0.5, 0.6) is 5.75 Å². The molecular weight excluding hydrogens is 344 g/mol. The first-order valence-corrected chi connectivity index (χ1v) is 9.84. The van der Waals surface area contributed by atoms with Crippen molar-refractivity contribution in [1.29, 1.82) is 0 Å². The molecule has 3 rings (SSSR count). The number of ether oxygens (including phenoxy) is 2. The standard InChI is InChI=1S/C21H30N2O4/c1-26-12-11-23-19(24)13-17(21(25)22-14-15-7-3-4-8-15)20(23)16-9-5-6-10-18(16)27-2/h5-6,9-10,15,17,20H,3-4,7-8,11-14H2,1-2H3,(H,22,25)/t17-,20+/m1/s1. The van der Waals surface area contributed by atoms with Gasteiger partial charge < -0.3 is 19.7 Å². The van der Waals surface area contributed by atoms with Gasteiger partial charge in [-0.3, -0.25) is 9.59 Å². The summed E-state index contributed by atoms with van der Waals surface area (Å²) in [4.78, 5) is 27.4. The molecule has 1 heterocycles. The zero-order valence-electron chi connectivity index (χ0n) is 16.3. The number of carbonyl (C=O) groups excluding carboxylic acids is 2. The van der Waals surface area contributed by atoms with Gasteiger partial charge in [-0.1, -0.05) is 31.0 Å². The fourth-order valence-electron chi connectivity index (χ4n) is 4.36. The largest absolute Gasteiger partial charge is 0.496 e. The third-order valence-electron chi connectivity index (χ3n) is 5.80. The van der Waals surface area contributed by atoms with Gasteiger partial charge in [-0.2, -0.15) is 0 Å². The molecule has 148 valence electrons. The van der Waals surface area contributed by atoms with E-state index in [9.17, 15) is 9.59 Å². The molecule has 6 nitrogen and oxygen atoms in total. The van der Waals surface area contributed by atoms with Crippen molar-refractivity contribution in [2.45, 2.75) is 38.1 Å². The molecule has 0 spiro atoms. The lowest BCUT2D eigenvalue weighted by molar-refractivity contribution is -0.129. The van der Waals surface area contributed by atoms with Gasteiger partial charge in [-0.15, -0.1) is 0 Å². The van der Waals surface area contributed by atoms with Gasteiger partial charge in [0.25, 0.3) is 0 Å². The van der Waals surface area contributed by atoms with Crippen molar-refractivity contribution in [1.82, 2.24) is 10.2 Å². The van der Waals surface area contributed by atoms with E-state index >= 15 is 0 Å². The predicted molar refractivity (Wildman–Crippen MR) is 102 cm³/mol. The molecule has 2 aliphatic rings. The third kappa shape index (κ3) is 4.43. The SMILES string of the molecule is COCCN1C(=O)C[C@@H](C(=O)NCC2CCCC2)[C@@H]1c1ccccc1OC. The Balaban J connectivity index is 1.81. The Morgan fingerprint density at radius 1 is 1.22 bits per heavy atom. The fourth-order valence-corrected chi connectivity index (χ4v) is 4.36. The monoisotopic (exact) mass is 374 g/mol. The van der Waals surface area contributed by atoms with Crippen LogP contribution in [0.15, 0.2) is 24.3 Å². The number of benzene rings is 1. The van der Waals surface area contributed by atoms with Crippen LogP contribution in [0.4, 0.5) is 0 Å². The summed E-state index contributed by atoms with van der Waals surface area (Å²) in [5.74, 6) is 0.815. The molecular formula is C21H30N2O4. The lowest BCUT2D eigenvalue weighted by Crippen LogP contribution is -2.38. The van der Waals surface area contributed by atoms with Crippen molar-refractivity contribution in [2.75, 3.05) is 33.9 Å². The average Bonchev–Trinajstić information content (AvgIpc) is 3.32. The summed E-state index contributed by atoms with van der Waals surface area (Å²) in [6.45, 7) is 1.61. The van der Waals surface area contributed by atoms with Crippen molar-refractivity contribution in [3.05, 3.63) is 29.8 Å². The summed E-state index contributed by atoms with van der Waals surface area (Å²) in [6, 6.07) is 7.31.